The maximum atomic E-state index is 11.6. The maximum absolute atomic E-state index is 11.6. The molecular formula is C12H16N4O2S. The normalized spacial score (nSPS) is 10.6. The summed E-state index contributed by atoms with van der Waals surface area (Å²) in [4.78, 5) is 12.5. The Balaban J connectivity index is 2.30. The van der Waals surface area contributed by atoms with Crippen LogP contribution in [0.4, 0.5) is 5.69 Å². The second kappa shape index (κ2) is 5.83. The second-order valence-corrected chi connectivity index (χ2v) is 5.05. The number of rotatable bonds is 5. The molecule has 0 fully saturated rings. The Morgan fingerprint density at radius 2 is 2.26 bits per heavy atom. The molecule has 7 heteroatoms. The number of H-pyrrole nitrogens is 1. The Bertz CT molecular complexity index is 620. The molecule has 0 saturated heterocycles. The fourth-order valence-corrected chi connectivity index (χ4v) is 2.63. The highest BCUT2D eigenvalue weighted by Crippen LogP contribution is 2.30. The van der Waals surface area contributed by atoms with Gasteiger partial charge in [0.15, 0.2) is 5.16 Å². The predicted molar refractivity (Wildman–Crippen MR) is 74.7 cm³/mol. The van der Waals surface area contributed by atoms with E-state index in [9.17, 15) is 4.79 Å². The van der Waals surface area contributed by atoms with Gasteiger partial charge in [0, 0.05) is 23.2 Å². The molecule has 1 aromatic heterocycles. The number of methoxy groups -OCH3 is 1. The van der Waals surface area contributed by atoms with Crippen molar-refractivity contribution in [1.29, 1.82) is 0 Å². The molecule has 6 nitrogen and oxygen atoms in total. The molecule has 0 unspecified atom stereocenters. The van der Waals surface area contributed by atoms with Crippen molar-refractivity contribution in [3.05, 3.63) is 28.7 Å². The van der Waals surface area contributed by atoms with Crippen molar-refractivity contribution >= 4 is 17.4 Å². The number of hydrogen-bond donors (Lipinski definition) is 2. The van der Waals surface area contributed by atoms with E-state index in [4.69, 9.17) is 10.5 Å². The van der Waals surface area contributed by atoms with Crippen molar-refractivity contribution < 1.29 is 4.74 Å². The zero-order valence-electron chi connectivity index (χ0n) is 10.8. The minimum atomic E-state index is -0.194. The van der Waals surface area contributed by atoms with Gasteiger partial charge in [-0.2, -0.15) is 0 Å². The lowest BCUT2D eigenvalue weighted by atomic mass is 10.3. The standard InChI is InChI=1S/C12H16N4O2S/c1-3-4-16-11(17)14-15-12(16)19-10-6-8(13)5-9(7-10)18-2/h5-7H,3-4,13H2,1-2H3,(H,14,17). The van der Waals surface area contributed by atoms with Crippen LogP contribution in [0.25, 0.3) is 0 Å². The third-order valence-electron chi connectivity index (χ3n) is 2.52. The van der Waals surface area contributed by atoms with E-state index in [1.54, 1.807) is 17.7 Å². The summed E-state index contributed by atoms with van der Waals surface area (Å²) < 4.78 is 6.78. The molecule has 3 N–H and O–H groups in total. The fraction of sp³-hybridized carbons (Fsp3) is 0.333. The van der Waals surface area contributed by atoms with Crippen molar-refractivity contribution in [2.45, 2.75) is 29.9 Å². The molecule has 0 amide bonds. The van der Waals surface area contributed by atoms with Crippen LogP contribution in [-0.2, 0) is 6.54 Å². The number of anilines is 1. The molecule has 0 aliphatic rings. The van der Waals surface area contributed by atoms with Gasteiger partial charge in [0.1, 0.15) is 5.75 Å². The Hall–Kier alpha value is -1.89. The summed E-state index contributed by atoms with van der Waals surface area (Å²) in [5.74, 6) is 0.683. The van der Waals surface area contributed by atoms with Crippen molar-refractivity contribution in [2.75, 3.05) is 12.8 Å². The zero-order valence-corrected chi connectivity index (χ0v) is 11.7. The number of benzene rings is 1. The average Bonchev–Trinajstić information content (AvgIpc) is 2.71. The SMILES string of the molecule is CCCn1c(Sc2cc(N)cc(OC)c2)n[nH]c1=O. The summed E-state index contributed by atoms with van der Waals surface area (Å²) >= 11 is 1.38. The summed E-state index contributed by atoms with van der Waals surface area (Å²) in [6.07, 6.45) is 0.868. The van der Waals surface area contributed by atoms with E-state index in [0.717, 1.165) is 11.3 Å². The summed E-state index contributed by atoms with van der Waals surface area (Å²) in [6.45, 7) is 2.65. The molecule has 1 aromatic carbocycles. The van der Waals surface area contributed by atoms with Gasteiger partial charge >= 0.3 is 5.69 Å². The van der Waals surface area contributed by atoms with Gasteiger partial charge in [0.05, 0.1) is 7.11 Å². The number of aromatic amines is 1. The van der Waals surface area contributed by atoms with E-state index in [1.165, 1.54) is 11.8 Å². The molecular weight excluding hydrogens is 264 g/mol. The molecule has 0 aliphatic heterocycles. The molecule has 2 rings (SSSR count). The number of nitrogens with one attached hydrogen (secondary N) is 1. The van der Waals surface area contributed by atoms with E-state index in [2.05, 4.69) is 10.2 Å². The topological polar surface area (TPSA) is 85.9 Å². The van der Waals surface area contributed by atoms with E-state index in [1.807, 2.05) is 19.1 Å². The second-order valence-electron chi connectivity index (χ2n) is 4.01. The highest BCUT2D eigenvalue weighted by atomic mass is 32.2. The van der Waals surface area contributed by atoms with Crippen molar-refractivity contribution in [1.82, 2.24) is 14.8 Å². The number of nitrogens with zero attached hydrogens (tertiary/aromatic N) is 2. The van der Waals surface area contributed by atoms with Gasteiger partial charge in [-0.3, -0.25) is 4.57 Å². The molecule has 0 aliphatic carbocycles. The lowest BCUT2D eigenvalue weighted by Crippen LogP contribution is -2.17. The molecule has 0 saturated carbocycles. The van der Waals surface area contributed by atoms with E-state index < -0.39 is 0 Å². The van der Waals surface area contributed by atoms with Gasteiger partial charge in [-0.1, -0.05) is 6.92 Å². The maximum Gasteiger partial charge on any atom is 0.343 e. The number of nitrogen functional groups attached to an aromatic ring is 1. The first-order chi connectivity index (χ1) is 9.13. The van der Waals surface area contributed by atoms with Crippen LogP contribution in [0.3, 0.4) is 0 Å². The highest BCUT2D eigenvalue weighted by Gasteiger charge is 2.10. The average molecular weight is 280 g/mol. The Morgan fingerprint density at radius 3 is 2.95 bits per heavy atom. The molecule has 2 aromatic rings. The molecule has 0 atom stereocenters. The number of hydrogen-bond acceptors (Lipinski definition) is 5. The summed E-state index contributed by atoms with van der Waals surface area (Å²) in [6, 6.07) is 5.42. The van der Waals surface area contributed by atoms with Crippen molar-refractivity contribution in [3.63, 3.8) is 0 Å². The van der Waals surface area contributed by atoms with Crippen molar-refractivity contribution in [2.24, 2.45) is 0 Å². The van der Waals surface area contributed by atoms with Gasteiger partial charge in [0.2, 0.25) is 0 Å². The first-order valence-electron chi connectivity index (χ1n) is 5.91. The van der Waals surface area contributed by atoms with Gasteiger partial charge < -0.3 is 10.5 Å². The van der Waals surface area contributed by atoms with Crippen LogP contribution in [0, 0.1) is 0 Å². The Morgan fingerprint density at radius 1 is 1.47 bits per heavy atom. The van der Waals surface area contributed by atoms with Crippen LogP contribution >= 0.6 is 11.8 Å². The highest BCUT2D eigenvalue weighted by molar-refractivity contribution is 7.99. The van der Waals surface area contributed by atoms with Gasteiger partial charge in [-0.25, -0.2) is 9.89 Å². The van der Waals surface area contributed by atoms with E-state index in [-0.39, 0.29) is 5.69 Å². The van der Waals surface area contributed by atoms with Crippen LogP contribution < -0.4 is 16.2 Å². The lowest BCUT2D eigenvalue weighted by Gasteiger charge is -2.06. The molecule has 0 spiro atoms. The summed E-state index contributed by atoms with van der Waals surface area (Å²) in [5, 5.41) is 7.11. The molecule has 1 heterocycles. The molecule has 0 bridgehead atoms. The Kier molecular flexibility index (Phi) is 4.16. The van der Waals surface area contributed by atoms with Gasteiger partial charge in [-0.15, -0.1) is 5.10 Å². The van der Waals surface area contributed by atoms with Gasteiger partial charge in [0.25, 0.3) is 0 Å². The quantitative estimate of drug-likeness (QED) is 0.814. The largest absolute Gasteiger partial charge is 0.497 e. The molecule has 0 radical (unpaired) electrons. The number of nitrogens with two attached hydrogens (primary N) is 1. The van der Waals surface area contributed by atoms with E-state index >= 15 is 0 Å². The fourth-order valence-electron chi connectivity index (χ4n) is 1.68. The minimum Gasteiger partial charge on any atom is -0.497 e. The van der Waals surface area contributed by atoms with Gasteiger partial charge in [-0.05, 0) is 30.3 Å². The minimum absolute atomic E-state index is 0.194. The Labute approximate surface area is 115 Å². The summed E-state index contributed by atoms with van der Waals surface area (Å²) in [5.41, 5.74) is 6.22. The molecule has 102 valence electrons. The zero-order chi connectivity index (χ0) is 13.8. The molecule has 19 heavy (non-hydrogen) atoms. The van der Waals surface area contributed by atoms with Crippen LogP contribution in [0.2, 0.25) is 0 Å². The van der Waals surface area contributed by atoms with Crippen molar-refractivity contribution in [3.8, 4) is 5.75 Å². The number of aromatic nitrogens is 3. The monoisotopic (exact) mass is 280 g/mol. The van der Waals surface area contributed by atoms with Crippen LogP contribution in [0.5, 0.6) is 5.75 Å². The third-order valence-corrected chi connectivity index (χ3v) is 3.48. The summed E-state index contributed by atoms with van der Waals surface area (Å²) in [7, 11) is 1.59. The number of ether oxygens (including phenoxy) is 1. The smallest absolute Gasteiger partial charge is 0.343 e. The first-order valence-corrected chi connectivity index (χ1v) is 6.73. The lowest BCUT2D eigenvalue weighted by molar-refractivity contribution is 0.414. The van der Waals surface area contributed by atoms with Crippen LogP contribution in [-0.4, -0.2) is 21.9 Å². The van der Waals surface area contributed by atoms with E-state index in [0.29, 0.717) is 23.1 Å². The van der Waals surface area contributed by atoms with Crippen LogP contribution in [0.15, 0.2) is 33.0 Å². The first kappa shape index (κ1) is 13.5. The van der Waals surface area contributed by atoms with Crippen LogP contribution in [0.1, 0.15) is 13.3 Å². The predicted octanol–water partition coefficient (Wildman–Crippen LogP) is 1.72. The third kappa shape index (κ3) is 3.11.